The van der Waals surface area contributed by atoms with Crippen molar-refractivity contribution in [3.8, 4) is 5.75 Å². The van der Waals surface area contributed by atoms with Gasteiger partial charge in [-0.15, -0.1) is 0 Å². The van der Waals surface area contributed by atoms with Gasteiger partial charge in [-0.25, -0.2) is 0 Å². The van der Waals surface area contributed by atoms with E-state index in [4.69, 9.17) is 9.47 Å². The van der Waals surface area contributed by atoms with Crippen LogP contribution >= 0.6 is 0 Å². The van der Waals surface area contributed by atoms with Crippen LogP contribution in [0.5, 0.6) is 5.75 Å². The lowest BCUT2D eigenvalue weighted by atomic mass is 10.0. The number of hydrogen-bond acceptors (Lipinski definition) is 4. The van der Waals surface area contributed by atoms with Crippen molar-refractivity contribution in [2.24, 2.45) is 13.0 Å². The van der Waals surface area contributed by atoms with Crippen LogP contribution in [0.15, 0.2) is 54.6 Å². The molecule has 0 bridgehead atoms. The number of hydrogen-bond donors (Lipinski definition) is 0. The van der Waals surface area contributed by atoms with E-state index in [1.807, 2.05) is 31.3 Å². The SMILES string of the molecule is COC(=O)C1CN(c2cc3cc(OCc4ccccc4)ccc3n2C)C1. The van der Waals surface area contributed by atoms with Crippen molar-refractivity contribution in [2.45, 2.75) is 6.61 Å². The van der Waals surface area contributed by atoms with E-state index in [-0.39, 0.29) is 11.9 Å². The molecule has 1 aromatic heterocycles. The fourth-order valence-corrected chi connectivity index (χ4v) is 3.43. The Bertz CT molecular complexity index is 927. The summed E-state index contributed by atoms with van der Waals surface area (Å²) in [6.07, 6.45) is 0. The second-order valence-corrected chi connectivity index (χ2v) is 6.68. The molecule has 0 atom stereocenters. The van der Waals surface area contributed by atoms with Crippen LogP contribution in [0.3, 0.4) is 0 Å². The van der Waals surface area contributed by atoms with Crippen LogP contribution in [0.4, 0.5) is 5.82 Å². The monoisotopic (exact) mass is 350 g/mol. The third kappa shape index (κ3) is 3.01. The number of anilines is 1. The Kier molecular flexibility index (Phi) is 4.29. The largest absolute Gasteiger partial charge is 0.489 e. The molecule has 2 heterocycles. The molecule has 5 heteroatoms. The van der Waals surface area contributed by atoms with Crippen molar-refractivity contribution in [2.75, 3.05) is 25.1 Å². The number of esters is 1. The molecule has 1 aliphatic heterocycles. The van der Waals surface area contributed by atoms with Gasteiger partial charge in [0.05, 0.1) is 13.0 Å². The number of benzene rings is 2. The molecule has 0 saturated carbocycles. The molecule has 1 saturated heterocycles. The lowest BCUT2D eigenvalue weighted by molar-refractivity contribution is -0.146. The highest BCUT2D eigenvalue weighted by atomic mass is 16.5. The zero-order valence-corrected chi connectivity index (χ0v) is 15.0. The van der Waals surface area contributed by atoms with Crippen molar-refractivity contribution in [3.63, 3.8) is 0 Å². The van der Waals surface area contributed by atoms with Gasteiger partial charge in [0.25, 0.3) is 0 Å². The summed E-state index contributed by atoms with van der Waals surface area (Å²) < 4.78 is 12.9. The van der Waals surface area contributed by atoms with Crippen LogP contribution in [0, 0.1) is 5.92 Å². The highest BCUT2D eigenvalue weighted by molar-refractivity contribution is 5.87. The summed E-state index contributed by atoms with van der Waals surface area (Å²) in [7, 11) is 3.49. The van der Waals surface area contributed by atoms with E-state index in [1.54, 1.807) is 0 Å². The number of ether oxygens (including phenoxy) is 2. The van der Waals surface area contributed by atoms with Gasteiger partial charge < -0.3 is 18.9 Å². The molecule has 3 aromatic rings. The van der Waals surface area contributed by atoms with Gasteiger partial charge in [-0.3, -0.25) is 4.79 Å². The number of carbonyl (C=O) groups is 1. The van der Waals surface area contributed by atoms with Gasteiger partial charge in [0.2, 0.25) is 0 Å². The summed E-state index contributed by atoms with van der Waals surface area (Å²) in [5.41, 5.74) is 2.30. The Morgan fingerprint density at radius 1 is 1.12 bits per heavy atom. The first kappa shape index (κ1) is 16.5. The molecule has 0 amide bonds. The second-order valence-electron chi connectivity index (χ2n) is 6.68. The van der Waals surface area contributed by atoms with Crippen molar-refractivity contribution in [1.82, 2.24) is 4.57 Å². The summed E-state index contributed by atoms with van der Waals surface area (Å²) in [6, 6.07) is 18.4. The Hall–Kier alpha value is -2.95. The first-order valence-corrected chi connectivity index (χ1v) is 8.74. The molecular formula is C21H22N2O3. The van der Waals surface area contributed by atoms with Gasteiger partial charge in [-0.05, 0) is 29.8 Å². The highest BCUT2D eigenvalue weighted by Gasteiger charge is 2.34. The van der Waals surface area contributed by atoms with E-state index in [2.05, 4.69) is 39.8 Å². The third-order valence-electron chi connectivity index (χ3n) is 4.98. The van der Waals surface area contributed by atoms with Crippen molar-refractivity contribution < 1.29 is 14.3 Å². The van der Waals surface area contributed by atoms with E-state index >= 15 is 0 Å². The third-order valence-corrected chi connectivity index (χ3v) is 4.98. The molecule has 1 aliphatic rings. The number of fused-ring (bicyclic) bond motifs is 1. The molecule has 0 unspecified atom stereocenters. The number of nitrogens with zero attached hydrogens (tertiary/aromatic N) is 2. The summed E-state index contributed by atoms with van der Waals surface area (Å²) in [5.74, 6) is 1.81. The number of aromatic nitrogens is 1. The summed E-state index contributed by atoms with van der Waals surface area (Å²) in [4.78, 5) is 13.8. The van der Waals surface area contributed by atoms with E-state index < -0.39 is 0 Å². The second kappa shape index (κ2) is 6.75. The zero-order chi connectivity index (χ0) is 18.1. The number of methoxy groups -OCH3 is 1. The highest BCUT2D eigenvalue weighted by Crippen LogP contribution is 2.32. The maximum Gasteiger partial charge on any atom is 0.312 e. The summed E-state index contributed by atoms with van der Waals surface area (Å²) >= 11 is 0. The predicted octanol–water partition coefficient (Wildman–Crippen LogP) is 3.37. The minimum Gasteiger partial charge on any atom is -0.489 e. The van der Waals surface area contributed by atoms with E-state index in [0.717, 1.165) is 28.0 Å². The average Bonchev–Trinajstić information content (AvgIpc) is 2.95. The van der Waals surface area contributed by atoms with Gasteiger partial charge in [-0.1, -0.05) is 30.3 Å². The topological polar surface area (TPSA) is 43.7 Å². The fraction of sp³-hybridized carbons (Fsp3) is 0.286. The summed E-state index contributed by atoms with van der Waals surface area (Å²) in [5, 5.41) is 1.13. The molecule has 1 fully saturated rings. The molecule has 5 nitrogen and oxygen atoms in total. The van der Waals surface area contributed by atoms with Gasteiger partial charge >= 0.3 is 5.97 Å². The van der Waals surface area contributed by atoms with Crippen molar-refractivity contribution in [3.05, 3.63) is 60.2 Å². The van der Waals surface area contributed by atoms with Crippen LogP contribution < -0.4 is 9.64 Å². The van der Waals surface area contributed by atoms with Crippen LogP contribution in [0.1, 0.15) is 5.56 Å². The van der Waals surface area contributed by atoms with Gasteiger partial charge in [0, 0.05) is 31.0 Å². The van der Waals surface area contributed by atoms with Gasteiger partial charge in [0.15, 0.2) is 0 Å². The Labute approximate surface area is 152 Å². The zero-order valence-electron chi connectivity index (χ0n) is 15.0. The van der Waals surface area contributed by atoms with Crippen LogP contribution in [-0.2, 0) is 23.2 Å². The Morgan fingerprint density at radius 3 is 2.62 bits per heavy atom. The molecule has 2 aromatic carbocycles. The van der Waals surface area contributed by atoms with Gasteiger partial charge in [0.1, 0.15) is 18.2 Å². The Balaban J connectivity index is 1.49. The number of carbonyl (C=O) groups excluding carboxylic acids is 1. The lowest BCUT2D eigenvalue weighted by Gasteiger charge is -2.39. The standard InChI is InChI=1S/C21H22N2O3/c1-22-19-9-8-18(26-14-15-6-4-3-5-7-15)10-16(19)11-20(22)23-12-17(13-23)21(24)25-2/h3-11,17H,12-14H2,1-2H3. The Morgan fingerprint density at radius 2 is 1.88 bits per heavy atom. The first-order valence-electron chi connectivity index (χ1n) is 8.74. The molecular weight excluding hydrogens is 328 g/mol. The predicted molar refractivity (Wildman–Crippen MR) is 101 cm³/mol. The molecule has 26 heavy (non-hydrogen) atoms. The molecule has 134 valence electrons. The average molecular weight is 350 g/mol. The fourth-order valence-electron chi connectivity index (χ4n) is 3.43. The minimum absolute atomic E-state index is 0.0252. The maximum absolute atomic E-state index is 11.6. The molecule has 4 rings (SSSR count). The van der Waals surface area contributed by atoms with Crippen LogP contribution in [0.2, 0.25) is 0 Å². The van der Waals surface area contributed by atoms with Crippen molar-refractivity contribution in [1.29, 1.82) is 0 Å². The summed E-state index contributed by atoms with van der Waals surface area (Å²) in [6.45, 7) is 1.96. The minimum atomic E-state index is -0.128. The molecule has 0 spiro atoms. The quantitative estimate of drug-likeness (QED) is 0.662. The lowest BCUT2D eigenvalue weighted by Crippen LogP contribution is -2.51. The van der Waals surface area contributed by atoms with E-state index in [1.165, 1.54) is 7.11 Å². The van der Waals surface area contributed by atoms with E-state index in [0.29, 0.717) is 19.7 Å². The van der Waals surface area contributed by atoms with Gasteiger partial charge in [-0.2, -0.15) is 0 Å². The smallest absolute Gasteiger partial charge is 0.312 e. The molecule has 0 aliphatic carbocycles. The number of rotatable bonds is 5. The van der Waals surface area contributed by atoms with Crippen LogP contribution in [0.25, 0.3) is 10.9 Å². The molecule has 0 N–H and O–H groups in total. The normalized spacial score (nSPS) is 14.3. The van der Waals surface area contributed by atoms with E-state index in [9.17, 15) is 4.79 Å². The van der Waals surface area contributed by atoms with Crippen molar-refractivity contribution >= 4 is 22.7 Å². The van der Waals surface area contributed by atoms with Crippen LogP contribution in [-0.4, -0.2) is 30.7 Å². The first-order chi connectivity index (χ1) is 12.7. The number of aryl methyl sites for hydroxylation is 1. The molecule has 0 radical (unpaired) electrons. The maximum atomic E-state index is 11.6.